The number of nitrogens with zero attached hydrogens (tertiary/aromatic N) is 4. The van der Waals surface area contributed by atoms with Crippen molar-refractivity contribution in [2.75, 3.05) is 31.0 Å². The summed E-state index contributed by atoms with van der Waals surface area (Å²) < 4.78 is 38.7. The number of aryl methyl sites for hydroxylation is 2. The fourth-order valence-electron chi connectivity index (χ4n) is 3.08. The molecule has 3 heterocycles. The molecule has 11 heteroatoms. The maximum atomic E-state index is 12.9. The van der Waals surface area contributed by atoms with Crippen LogP contribution in [0.3, 0.4) is 0 Å². The first-order valence-corrected chi connectivity index (χ1v) is 11.1. The van der Waals surface area contributed by atoms with Crippen LogP contribution in [0.2, 0.25) is 0 Å². The zero-order valence-corrected chi connectivity index (χ0v) is 17.8. The lowest BCUT2D eigenvalue weighted by molar-refractivity contribution is 0.0272. The number of hydrogen-bond acceptors (Lipinski definition) is 8. The van der Waals surface area contributed by atoms with Crippen molar-refractivity contribution >= 4 is 21.7 Å². The van der Waals surface area contributed by atoms with Crippen LogP contribution in [-0.2, 0) is 14.8 Å². The quantitative estimate of drug-likeness (QED) is 0.634. The maximum absolute atomic E-state index is 12.9. The fourth-order valence-corrected chi connectivity index (χ4v) is 4.36. The first-order chi connectivity index (χ1) is 14.8. The monoisotopic (exact) mass is 443 g/mol. The highest BCUT2D eigenvalue weighted by atomic mass is 32.2. The minimum atomic E-state index is -3.90. The second-order valence-electron chi connectivity index (χ2n) is 7.13. The molecule has 1 aliphatic heterocycles. The molecule has 4 rings (SSSR count). The summed E-state index contributed by atoms with van der Waals surface area (Å²) in [7, 11) is -3.90. The summed E-state index contributed by atoms with van der Waals surface area (Å²) in [5.41, 5.74) is 1.87. The molecule has 1 saturated heterocycles. The lowest BCUT2D eigenvalue weighted by Gasteiger charge is -2.25. The van der Waals surface area contributed by atoms with E-state index >= 15 is 0 Å². The average Bonchev–Trinajstić information content (AvgIpc) is 3.26. The van der Waals surface area contributed by atoms with Crippen LogP contribution in [0.15, 0.2) is 45.9 Å². The van der Waals surface area contributed by atoms with Gasteiger partial charge in [0.1, 0.15) is 5.82 Å². The Kier molecular flexibility index (Phi) is 5.70. The topological polar surface area (TPSA) is 128 Å². The Morgan fingerprint density at radius 1 is 1.13 bits per heavy atom. The molecular weight excluding hydrogens is 422 g/mol. The van der Waals surface area contributed by atoms with Gasteiger partial charge in [0.25, 0.3) is 10.0 Å². The highest BCUT2D eigenvalue weighted by Crippen LogP contribution is 2.25. The standard InChI is InChI=1S/C20H21N5O5S/c1-13-3-6-17(21-12-13)24-31(27,28)16-11-15(5-4-14(16)2)18-22-19(30-23-18)20(26)25-7-9-29-10-8-25/h3-6,11-12H,7-10H2,1-2H3,(H,21,24). The number of aromatic nitrogens is 3. The van der Waals surface area contributed by atoms with E-state index in [9.17, 15) is 13.2 Å². The number of ether oxygens (including phenoxy) is 1. The van der Waals surface area contributed by atoms with Crippen molar-refractivity contribution in [3.63, 3.8) is 0 Å². The molecule has 1 aliphatic rings. The third-order valence-corrected chi connectivity index (χ3v) is 6.29. The Hall–Kier alpha value is -3.31. The molecule has 0 aliphatic carbocycles. The van der Waals surface area contributed by atoms with E-state index in [4.69, 9.17) is 9.26 Å². The number of sulfonamides is 1. The van der Waals surface area contributed by atoms with Gasteiger partial charge in [-0.15, -0.1) is 0 Å². The fraction of sp³-hybridized carbons (Fsp3) is 0.300. The minimum Gasteiger partial charge on any atom is -0.378 e. The van der Waals surface area contributed by atoms with Crippen LogP contribution in [0, 0.1) is 13.8 Å². The Morgan fingerprint density at radius 2 is 1.90 bits per heavy atom. The Balaban J connectivity index is 1.60. The molecule has 0 saturated carbocycles. The molecule has 162 valence electrons. The van der Waals surface area contributed by atoms with Gasteiger partial charge in [0, 0.05) is 24.8 Å². The van der Waals surface area contributed by atoms with Crippen molar-refractivity contribution in [2.45, 2.75) is 18.7 Å². The lowest BCUT2D eigenvalue weighted by Crippen LogP contribution is -2.40. The Morgan fingerprint density at radius 3 is 2.61 bits per heavy atom. The molecule has 1 N–H and O–H groups in total. The van der Waals surface area contributed by atoms with Crippen molar-refractivity contribution in [3.8, 4) is 11.4 Å². The van der Waals surface area contributed by atoms with Crippen molar-refractivity contribution in [2.24, 2.45) is 0 Å². The summed E-state index contributed by atoms with van der Waals surface area (Å²) in [6.07, 6.45) is 1.58. The van der Waals surface area contributed by atoms with Crippen LogP contribution in [0.5, 0.6) is 0 Å². The molecule has 0 radical (unpaired) electrons. The van der Waals surface area contributed by atoms with E-state index in [0.29, 0.717) is 37.4 Å². The van der Waals surface area contributed by atoms with Gasteiger partial charge in [0.2, 0.25) is 5.82 Å². The Bertz CT molecular complexity index is 1200. The van der Waals surface area contributed by atoms with E-state index < -0.39 is 10.0 Å². The van der Waals surface area contributed by atoms with Crippen molar-refractivity contribution in [1.29, 1.82) is 0 Å². The maximum Gasteiger partial charge on any atom is 0.316 e. The van der Waals surface area contributed by atoms with Crippen LogP contribution in [0.25, 0.3) is 11.4 Å². The first-order valence-electron chi connectivity index (χ1n) is 9.61. The summed E-state index contributed by atoms with van der Waals surface area (Å²) in [6, 6.07) is 8.12. The largest absolute Gasteiger partial charge is 0.378 e. The smallest absolute Gasteiger partial charge is 0.316 e. The molecule has 0 spiro atoms. The number of carbonyl (C=O) groups is 1. The molecule has 1 aromatic carbocycles. The molecule has 1 amide bonds. The van der Waals surface area contributed by atoms with Crippen LogP contribution in [0.4, 0.5) is 5.82 Å². The number of morpholine rings is 1. The van der Waals surface area contributed by atoms with Gasteiger partial charge in [0.15, 0.2) is 0 Å². The normalized spacial score (nSPS) is 14.5. The van der Waals surface area contributed by atoms with Gasteiger partial charge in [-0.3, -0.25) is 9.52 Å². The number of carbonyl (C=O) groups excluding carboxylic acids is 1. The molecule has 0 bridgehead atoms. The highest BCUT2D eigenvalue weighted by Gasteiger charge is 2.25. The number of anilines is 1. The van der Waals surface area contributed by atoms with Crippen molar-refractivity contribution in [3.05, 3.63) is 53.5 Å². The SMILES string of the molecule is Cc1ccc(NS(=O)(=O)c2cc(-c3noc(C(=O)N4CCOCC4)n3)ccc2C)nc1. The van der Waals surface area contributed by atoms with Crippen LogP contribution in [0.1, 0.15) is 21.8 Å². The Labute approximate surface area is 179 Å². The van der Waals surface area contributed by atoms with E-state index in [1.807, 2.05) is 6.92 Å². The van der Waals surface area contributed by atoms with Gasteiger partial charge in [0.05, 0.1) is 18.1 Å². The zero-order valence-electron chi connectivity index (χ0n) is 17.0. The van der Waals surface area contributed by atoms with E-state index in [-0.39, 0.29) is 28.3 Å². The van der Waals surface area contributed by atoms with E-state index in [1.54, 1.807) is 42.3 Å². The first kappa shape index (κ1) is 20.9. The number of pyridine rings is 1. The van der Waals surface area contributed by atoms with Gasteiger partial charge in [-0.05, 0) is 37.1 Å². The second-order valence-corrected chi connectivity index (χ2v) is 8.79. The predicted molar refractivity (Wildman–Crippen MR) is 111 cm³/mol. The zero-order chi connectivity index (χ0) is 22.0. The van der Waals surface area contributed by atoms with E-state index in [0.717, 1.165) is 5.56 Å². The van der Waals surface area contributed by atoms with Gasteiger partial charge < -0.3 is 14.2 Å². The summed E-state index contributed by atoms with van der Waals surface area (Å²) in [4.78, 5) is 22.4. The predicted octanol–water partition coefficient (Wildman–Crippen LogP) is 2.02. The summed E-state index contributed by atoms with van der Waals surface area (Å²) in [6.45, 7) is 5.35. The van der Waals surface area contributed by atoms with Crippen molar-refractivity contribution in [1.82, 2.24) is 20.0 Å². The van der Waals surface area contributed by atoms with Crippen molar-refractivity contribution < 1.29 is 22.5 Å². The highest BCUT2D eigenvalue weighted by molar-refractivity contribution is 7.92. The third kappa shape index (κ3) is 4.57. The van der Waals surface area contributed by atoms with Gasteiger partial charge in [-0.25, -0.2) is 13.4 Å². The summed E-state index contributed by atoms with van der Waals surface area (Å²) in [5, 5.41) is 3.86. The van der Waals surface area contributed by atoms with Gasteiger partial charge >= 0.3 is 11.8 Å². The minimum absolute atomic E-state index is 0.0539. The van der Waals surface area contributed by atoms with Crippen LogP contribution < -0.4 is 4.72 Å². The third-order valence-electron chi connectivity index (χ3n) is 4.79. The van der Waals surface area contributed by atoms with E-state index in [1.165, 1.54) is 6.07 Å². The van der Waals surface area contributed by atoms with Crippen LogP contribution >= 0.6 is 0 Å². The van der Waals surface area contributed by atoms with E-state index in [2.05, 4.69) is 19.8 Å². The lowest BCUT2D eigenvalue weighted by atomic mass is 10.1. The molecular formula is C20H21N5O5S. The molecule has 0 unspecified atom stereocenters. The summed E-state index contributed by atoms with van der Waals surface area (Å²) >= 11 is 0. The average molecular weight is 443 g/mol. The van der Waals surface area contributed by atoms with Gasteiger partial charge in [-0.2, -0.15) is 4.98 Å². The molecule has 3 aromatic rings. The number of hydrogen-bond donors (Lipinski definition) is 1. The second kappa shape index (κ2) is 8.44. The van der Waals surface area contributed by atoms with Gasteiger partial charge in [-0.1, -0.05) is 23.4 Å². The molecule has 31 heavy (non-hydrogen) atoms. The number of nitrogens with one attached hydrogen (secondary N) is 1. The molecule has 0 atom stereocenters. The van der Waals surface area contributed by atoms with Crippen LogP contribution in [-0.4, -0.2) is 60.7 Å². The number of amides is 1. The summed E-state index contributed by atoms with van der Waals surface area (Å²) in [5.74, 6) is -0.187. The molecule has 2 aromatic heterocycles. The molecule has 1 fully saturated rings. The number of rotatable bonds is 5. The number of benzene rings is 1. The molecule has 10 nitrogen and oxygen atoms in total.